The second kappa shape index (κ2) is 16.3. The first-order valence-corrected chi connectivity index (χ1v) is 10.3. The zero-order valence-electron chi connectivity index (χ0n) is 16.7. The van der Waals surface area contributed by atoms with Crippen molar-refractivity contribution in [2.24, 2.45) is 0 Å². The Balaban J connectivity index is 3.57. The average molecular weight is 357 g/mol. The zero-order valence-corrected chi connectivity index (χ0v) is 16.7. The maximum absolute atomic E-state index is 11.4. The molecule has 4 heteroatoms. The van der Waals surface area contributed by atoms with Crippen LogP contribution in [0.5, 0.6) is 0 Å². The Kier molecular flexibility index (Phi) is 15.5. The Bertz CT molecular complexity index is 361. The van der Waals surface area contributed by atoms with Crippen molar-refractivity contribution in [1.82, 2.24) is 0 Å². The number of aliphatic hydroxyl groups is 2. The van der Waals surface area contributed by atoms with Crippen LogP contribution >= 0.6 is 0 Å². The van der Waals surface area contributed by atoms with Crippen LogP contribution in [0.25, 0.3) is 0 Å². The maximum Gasteiger partial charge on any atom is 0.306 e. The van der Waals surface area contributed by atoms with Crippen molar-refractivity contribution in [1.29, 1.82) is 0 Å². The molecule has 0 aromatic carbocycles. The topological polar surface area (TPSA) is 66.8 Å². The van der Waals surface area contributed by atoms with E-state index >= 15 is 0 Å². The molecule has 0 aliphatic heterocycles. The molecule has 0 unspecified atom stereocenters. The van der Waals surface area contributed by atoms with E-state index in [-0.39, 0.29) is 23.6 Å². The molecule has 2 N–H and O–H groups in total. The lowest BCUT2D eigenvalue weighted by Crippen LogP contribution is -2.10. The van der Waals surface area contributed by atoms with Crippen molar-refractivity contribution in [3.63, 3.8) is 0 Å². The summed E-state index contributed by atoms with van der Waals surface area (Å²) in [6, 6.07) is 0. The molecule has 148 valence electrons. The van der Waals surface area contributed by atoms with E-state index in [1.54, 1.807) is 0 Å². The lowest BCUT2D eigenvalue weighted by atomic mass is 10.1. The van der Waals surface area contributed by atoms with Gasteiger partial charge in [-0.05, 0) is 33.1 Å². The fourth-order valence-electron chi connectivity index (χ4n) is 2.78. The van der Waals surface area contributed by atoms with Crippen LogP contribution in [0.2, 0.25) is 0 Å². The van der Waals surface area contributed by atoms with E-state index in [0.29, 0.717) is 19.3 Å². The fraction of sp³-hybridized carbons (Fsp3) is 0.857. The summed E-state index contributed by atoms with van der Waals surface area (Å²) in [6.45, 7) is 5.92. The van der Waals surface area contributed by atoms with Gasteiger partial charge in [-0.1, -0.05) is 58.3 Å². The molecule has 0 amide bonds. The lowest BCUT2D eigenvalue weighted by molar-refractivity contribution is -0.147. The van der Waals surface area contributed by atoms with Gasteiger partial charge in [0.25, 0.3) is 0 Å². The third-order valence-electron chi connectivity index (χ3n) is 4.26. The quantitative estimate of drug-likeness (QED) is 0.182. The minimum atomic E-state index is -0.116. The van der Waals surface area contributed by atoms with Gasteiger partial charge in [-0.25, -0.2) is 0 Å². The van der Waals surface area contributed by atoms with Crippen molar-refractivity contribution in [2.75, 3.05) is 0 Å². The molecular formula is C21H40O4. The number of hydrogen-bond donors (Lipinski definition) is 2. The minimum absolute atomic E-state index is 0.0359. The van der Waals surface area contributed by atoms with Crippen molar-refractivity contribution < 1.29 is 19.7 Å². The van der Waals surface area contributed by atoms with Crippen molar-refractivity contribution in [2.45, 2.75) is 117 Å². The SMILES string of the molecule is CCCCCCCC/C(O)=C(/O)CCCCCCCC(=O)OC(C)C. The van der Waals surface area contributed by atoms with Crippen molar-refractivity contribution in [3.8, 4) is 0 Å². The minimum Gasteiger partial charge on any atom is -0.509 e. The number of aliphatic hydroxyl groups excluding tert-OH is 2. The van der Waals surface area contributed by atoms with Crippen molar-refractivity contribution >= 4 is 5.97 Å². The fourth-order valence-corrected chi connectivity index (χ4v) is 2.78. The van der Waals surface area contributed by atoms with Crippen LogP contribution in [0.4, 0.5) is 0 Å². The van der Waals surface area contributed by atoms with Crippen LogP contribution in [0.3, 0.4) is 0 Å². The summed E-state index contributed by atoms with van der Waals surface area (Å²) in [6.07, 6.45) is 13.5. The molecule has 0 aliphatic carbocycles. The number of hydrogen-bond acceptors (Lipinski definition) is 4. The van der Waals surface area contributed by atoms with Gasteiger partial charge in [-0.3, -0.25) is 4.79 Å². The van der Waals surface area contributed by atoms with Gasteiger partial charge in [-0.15, -0.1) is 0 Å². The van der Waals surface area contributed by atoms with Gasteiger partial charge in [0.1, 0.15) is 11.5 Å². The van der Waals surface area contributed by atoms with Crippen molar-refractivity contribution in [3.05, 3.63) is 11.5 Å². The van der Waals surface area contributed by atoms with E-state index in [2.05, 4.69) is 6.92 Å². The Morgan fingerprint density at radius 3 is 1.56 bits per heavy atom. The van der Waals surface area contributed by atoms with Crippen LogP contribution in [-0.4, -0.2) is 22.3 Å². The summed E-state index contributed by atoms with van der Waals surface area (Å²) in [5.74, 6) is 0.219. The Labute approximate surface area is 154 Å². The molecule has 0 radical (unpaired) electrons. The highest BCUT2D eigenvalue weighted by molar-refractivity contribution is 5.69. The van der Waals surface area contributed by atoms with Crippen LogP contribution < -0.4 is 0 Å². The van der Waals surface area contributed by atoms with E-state index in [1.807, 2.05) is 13.8 Å². The Morgan fingerprint density at radius 1 is 0.720 bits per heavy atom. The molecule has 0 bridgehead atoms. The number of unbranched alkanes of at least 4 members (excludes halogenated alkanes) is 9. The van der Waals surface area contributed by atoms with Crippen LogP contribution in [0.1, 0.15) is 111 Å². The highest BCUT2D eigenvalue weighted by atomic mass is 16.5. The van der Waals surface area contributed by atoms with Gasteiger partial charge in [0.2, 0.25) is 0 Å². The summed E-state index contributed by atoms with van der Waals surface area (Å²) in [7, 11) is 0. The smallest absolute Gasteiger partial charge is 0.306 e. The first kappa shape index (κ1) is 23.8. The second-order valence-corrected chi connectivity index (χ2v) is 7.22. The molecule has 0 aliphatic rings. The first-order chi connectivity index (χ1) is 12.0. The number of esters is 1. The van der Waals surface area contributed by atoms with Gasteiger partial charge in [0, 0.05) is 19.3 Å². The third kappa shape index (κ3) is 16.0. The van der Waals surface area contributed by atoms with Gasteiger partial charge in [0.05, 0.1) is 6.10 Å². The second-order valence-electron chi connectivity index (χ2n) is 7.22. The number of carbonyl (C=O) groups excluding carboxylic acids is 1. The van der Waals surface area contributed by atoms with E-state index in [1.165, 1.54) is 25.7 Å². The molecule has 0 atom stereocenters. The van der Waals surface area contributed by atoms with E-state index in [0.717, 1.165) is 44.9 Å². The predicted molar refractivity (Wildman–Crippen MR) is 104 cm³/mol. The summed E-state index contributed by atoms with van der Waals surface area (Å²) in [4.78, 5) is 11.4. The first-order valence-electron chi connectivity index (χ1n) is 10.3. The van der Waals surface area contributed by atoms with Crippen LogP contribution in [0.15, 0.2) is 11.5 Å². The largest absolute Gasteiger partial charge is 0.509 e. The molecular weight excluding hydrogens is 316 g/mol. The molecule has 0 spiro atoms. The number of carbonyl (C=O) groups is 1. The Morgan fingerprint density at radius 2 is 1.12 bits per heavy atom. The van der Waals surface area contributed by atoms with Gasteiger partial charge in [-0.2, -0.15) is 0 Å². The summed E-state index contributed by atoms with van der Waals surface area (Å²) in [5, 5.41) is 19.8. The van der Waals surface area contributed by atoms with Gasteiger partial charge in [0.15, 0.2) is 0 Å². The summed E-state index contributed by atoms with van der Waals surface area (Å²) < 4.78 is 5.09. The lowest BCUT2D eigenvalue weighted by Gasteiger charge is -2.07. The molecule has 4 nitrogen and oxygen atoms in total. The highest BCUT2D eigenvalue weighted by Gasteiger charge is 2.06. The van der Waals surface area contributed by atoms with E-state index in [4.69, 9.17) is 4.74 Å². The van der Waals surface area contributed by atoms with Crippen LogP contribution in [0, 0.1) is 0 Å². The van der Waals surface area contributed by atoms with E-state index < -0.39 is 0 Å². The van der Waals surface area contributed by atoms with Crippen LogP contribution in [-0.2, 0) is 9.53 Å². The third-order valence-corrected chi connectivity index (χ3v) is 4.26. The molecule has 0 heterocycles. The van der Waals surface area contributed by atoms with E-state index in [9.17, 15) is 15.0 Å². The summed E-state index contributed by atoms with van der Waals surface area (Å²) >= 11 is 0. The molecule has 0 saturated carbocycles. The standard InChI is InChI=1S/C21H40O4/c1-4-5-6-7-9-12-15-19(22)20(23)16-13-10-8-11-14-17-21(24)25-18(2)3/h18,22-23H,4-17H2,1-3H3/b20-19-. The zero-order chi connectivity index (χ0) is 18.9. The average Bonchev–Trinajstić information content (AvgIpc) is 2.56. The molecule has 0 aromatic rings. The number of ether oxygens (including phenoxy) is 1. The summed E-state index contributed by atoms with van der Waals surface area (Å²) in [5.41, 5.74) is 0. The normalized spacial score (nSPS) is 12.3. The van der Waals surface area contributed by atoms with Gasteiger partial charge < -0.3 is 14.9 Å². The molecule has 0 aromatic heterocycles. The molecule has 25 heavy (non-hydrogen) atoms. The maximum atomic E-state index is 11.4. The monoisotopic (exact) mass is 356 g/mol. The molecule has 0 fully saturated rings. The highest BCUT2D eigenvalue weighted by Crippen LogP contribution is 2.16. The Hall–Kier alpha value is -1.19. The van der Waals surface area contributed by atoms with Gasteiger partial charge >= 0.3 is 5.97 Å². The molecule has 0 rings (SSSR count). The predicted octanol–water partition coefficient (Wildman–Crippen LogP) is 6.75. The number of allylic oxidation sites excluding steroid dienone is 2. The number of rotatable bonds is 16. The molecule has 0 saturated heterocycles.